The molecule has 0 bridgehead atoms. The molecule has 1 heterocycles. The molecule has 0 unspecified atom stereocenters. The molecule has 6 nitrogen and oxygen atoms in total. The number of nitrogens with one attached hydrogen (secondary N) is 2. The van der Waals surface area contributed by atoms with E-state index in [-0.39, 0.29) is 11.3 Å². The average molecular weight is 446 g/mol. The van der Waals surface area contributed by atoms with Crippen molar-refractivity contribution in [2.75, 3.05) is 20.3 Å². The van der Waals surface area contributed by atoms with Crippen LogP contribution in [-0.2, 0) is 9.53 Å². The molecule has 4 saturated carbocycles. The fraction of sp³-hybridized carbons (Fsp3) is 0.885. The van der Waals surface area contributed by atoms with E-state index in [1.54, 1.807) is 7.11 Å². The number of methoxy groups -OCH3 is 1. The lowest BCUT2D eigenvalue weighted by Crippen LogP contribution is -2.57. The van der Waals surface area contributed by atoms with E-state index < -0.39 is 5.60 Å². The van der Waals surface area contributed by atoms with Crippen molar-refractivity contribution in [1.82, 2.24) is 16.0 Å². The molecule has 0 aromatic carbocycles. The standard InChI is InChI=1S/C26H43N3O3/c1-17-14-29(28-27-17)15-23(30)22-8-7-20-19-6-5-18-13-26(31,16-32-4)12-11-24(18,2)21(19)9-10-25(20,22)3/h14,18-22,27-28,31H,5-13,15-16H2,1-4H3/t18-,19-,20-,21-,22+,24-,25-,26+/m0/s1. The van der Waals surface area contributed by atoms with Crippen LogP contribution < -0.4 is 11.0 Å². The van der Waals surface area contributed by atoms with Gasteiger partial charge in [-0.05, 0) is 99.2 Å². The average Bonchev–Trinajstić information content (AvgIpc) is 3.31. The number of nitrogens with zero attached hydrogens (tertiary/aromatic N) is 1. The van der Waals surface area contributed by atoms with Crippen LogP contribution in [0.3, 0.4) is 0 Å². The summed E-state index contributed by atoms with van der Waals surface area (Å²) in [5.74, 6) is 3.36. The topological polar surface area (TPSA) is 73.8 Å². The van der Waals surface area contributed by atoms with E-state index in [0.717, 1.165) is 43.2 Å². The van der Waals surface area contributed by atoms with Crippen LogP contribution in [0, 0.1) is 40.4 Å². The second-order valence-electron chi connectivity index (χ2n) is 12.3. The fourth-order valence-corrected chi connectivity index (χ4v) is 9.07. The van der Waals surface area contributed by atoms with Crippen molar-refractivity contribution in [3.05, 3.63) is 11.9 Å². The van der Waals surface area contributed by atoms with Gasteiger partial charge in [-0.1, -0.05) is 13.8 Å². The summed E-state index contributed by atoms with van der Waals surface area (Å²) in [6.45, 7) is 7.89. The summed E-state index contributed by atoms with van der Waals surface area (Å²) < 4.78 is 5.36. The van der Waals surface area contributed by atoms with E-state index in [2.05, 4.69) is 24.8 Å². The normalized spacial score (nSPS) is 47.8. The monoisotopic (exact) mass is 445 g/mol. The number of ketones is 1. The van der Waals surface area contributed by atoms with Crippen molar-refractivity contribution < 1.29 is 14.6 Å². The molecule has 0 aromatic heterocycles. The molecule has 3 N–H and O–H groups in total. The molecule has 0 radical (unpaired) electrons. The van der Waals surface area contributed by atoms with Gasteiger partial charge < -0.3 is 15.3 Å². The summed E-state index contributed by atoms with van der Waals surface area (Å²) in [4.78, 5) is 13.4. The molecule has 0 spiro atoms. The Hall–Kier alpha value is -1.11. The second kappa shape index (κ2) is 7.99. The van der Waals surface area contributed by atoms with Gasteiger partial charge in [-0.2, -0.15) is 0 Å². The summed E-state index contributed by atoms with van der Waals surface area (Å²) in [5, 5.41) is 13.0. The van der Waals surface area contributed by atoms with E-state index in [0.29, 0.717) is 36.2 Å². The lowest BCUT2D eigenvalue weighted by Gasteiger charge is -2.62. The SMILES string of the molecule is COC[C@@]1(O)CC[C@@]2(C)[C@@H](CC[C@@H]3[C@@H]2CC[C@]2(C)[C@@H](C(=O)CN4C=C(C)NN4)CC[C@@H]32)C1. The summed E-state index contributed by atoms with van der Waals surface area (Å²) in [5.41, 5.74) is 7.05. The van der Waals surface area contributed by atoms with Gasteiger partial charge in [0, 0.05) is 24.9 Å². The number of hydrogen-bond donors (Lipinski definition) is 3. The number of allylic oxidation sites excluding steroid dienone is 1. The molecule has 5 rings (SSSR count). The number of fused-ring (bicyclic) bond motifs is 5. The smallest absolute Gasteiger partial charge is 0.157 e. The predicted molar refractivity (Wildman–Crippen MR) is 124 cm³/mol. The van der Waals surface area contributed by atoms with Gasteiger partial charge >= 0.3 is 0 Å². The third-order valence-corrected chi connectivity index (χ3v) is 10.7. The van der Waals surface area contributed by atoms with Gasteiger partial charge in [0.1, 0.15) is 0 Å². The minimum atomic E-state index is -0.634. The van der Waals surface area contributed by atoms with Crippen molar-refractivity contribution in [2.24, 2.45) is 40.4 Å². The molecule has 0 saturated heterocycles. The van der Waals surface area contributed by atoms with Crippen LogP contribution in [-0.4, -0.2) is 41.8 Å². The third-order valence-electron chi connectivity index (χ3n) is 10.7. The molecule has 4 fully saturated rings. The van der Waals surface area contributed by atoms with Gasteiger partial charge in [0.15, 0.2) is 5.78 Å². The maximum atomic E-state index is 13.4. The second-order valence-corrected chi connectivity index (χ2v) is 12.3. The lowest BCUT2D eigenvalue weighted by atomic mass is 9.44. The zero-order chi connectivity index (χ0) is 22.7. The molecule has 32 heavy (non-hydrogen) atoms. The summed E-state index contributed by atoms with van der Waals surface area (Å²) in [7, 11) is 1.70. The van der Waals surface area contributed by atoms with E-state index in [4.69, 9.17) is 4.74 Å². The minimum absolute atomic E-state index is 0.152. The van der Waals surface area contributed by atoms with Gasteiger partial charge in [-0.3, -0.25) is 9.80 Å². The Morgan fingerprint density at radius 2 is 1.91 bits per heavy atom. The van der Waals surface area contributed by atoms with Crippen molar-refractivity contribution in [2.45, 2.75) is 84.2 Å². The molecule has 8 atom stereocenters. The fourth-order valence-electron chi connectivity index (χ4n) is 9.07. The van der Waals surface area contributed by atoms with Gasteiger partial charge in [0.25, 0.3) is 0 Å². The number of ether oxygens (including phenoxy) is 1. The van der Waals surface area contributed by atoms with Crippen LogP contribution in [0.15, 0.2) is 11.9 Å². The first-order valence-corrected chi connectivity index (χ1v) is 12.9. The van der Waals surface area contributed by atoms with E-state index in [9.17, 15) is 9.90 Å². The first kappa shape index (κ1) is 22.7. The number of hydrazine groups is 2. The molecule has 1 aliphatic heterocycles. The number of carbonyl (C=O) groups excluding carboxylic acids is 1. The molecule has 6 heteroatoms. The van der Waals surface area contributed by atoms with Crippen LogP contribution in [0.25, 0.3) is 0 Å². The molecule has 5 aliphatic rings. The predicted octanol–water partition coefficient (Wildman–Crippen LogP) is 3.78. The largest absolute Gasteiger partial charge is 0.387 e. The Morgan fingerprint density at radius 1 is 1.12 bits per heavy atom. The van der Waals surface area contributed by atoms with E-state index in [1.165, 1.54) is 32.1 Å². The third kappa shape index (κ3) is 3.52. The zero-order valence-electron chi connectivity index (χ0n) is 20.5. The highest BCUT2D eigenvalue weighted by Gasteiger charge is 2.62. The maximum Gasteiger partial charge on any atom is 0.157 e. The zero-order valence-corrected chi connectivity index (χ0v) is 20.5. The summed E-state index contributed by atoms with van der Waals surface area (Å²) in [6.07, 6.45) is 12.1. The van der Waals surface area contributed by atoms with Crippen molar-refractivity contribution in [3.63, 3.8) is 0 Å². The Kier molecular flexibility index (Phi) is 5.66. The summed E-state index contributed by atoms with van der Waals surface area (Å²) in [6, 6.07) is 0. The van der Waals surface area contributed by atoms with Crippen LogP contribution in [0.1, 0.15) is 78.6 Å². The Labute approximate surface area is 193 Å². The van der Waals surface area contributed by atoms with Gasteiger partial charge in [0.2, 0.25) is 0 Å². The van der Waals surface area contributed by atoms with Crippen LogP contribution >= 0.6 is 0 Å². The van der Waals surface area contributed by atoms with Gasteiger partial charge in [-0.25, -0.2) is 0 Å². The summed E-state index contributed by atoms with van der Waals surface area (Å²) >= 11 is 0. The van der Waals surface area contributed by atoms with Gasteiger partial charge in [-0.15, -0.1) is 5.53 Å². The minimum Gasteiger partial charge on any atom is -0.387 e. The molecular formula is C26H43N3O3. The van der Waals surface area contributed by atoms with E-state index in [1.807, 2.05) is 18.1 Å². The quantitative estimate of drug-likeness (QED) is 0.598. The highest BCUT2D eigenvalue weighted by Crippen LogP contribution is 2.68. The first-order chi connectivity index (χ1) is 15.2. The number of carbonyl (C=O) groups is 1. The molecule has 0 amide bonds. The Morgan fingerprint density at radius 3 is 2.62 bits per heavy atom. The van der Waals surface area contributed by atoms with Crippen molar-refractivity contribution in [1.29, 1.82) is 0 Å². The maximum absolute atomic E-state index is 13.4. The van der Waals surface area contributed by atoms with Crippen molar-refractivity contribution >= 4 is 5.78 Å². The lowest BCUT2D eigenvalue weighted by molar-refractivity contribution is -0.164. The highest BCUT2D eigenvalue weighted by molar-refractivity contribution is 5.84. The molecular weight excluding hydrogens is 402 g/mol. The van der Waals surface area contributed by atoms with Crippen LogP contribution in [0.4, 0.5) is 0 Å². The van der Waals surface area contributed by atoms with Crippen LogP contribution in [0.5, 0.6) is 0 Å². The number of rotatable bonds is 5. The Balaban J connectivity index is 1.30. The first-order valence-electron chi connectivity index (χ1n) is 12.9. The number of hydrogen-bond acceptors (Lipinski definition) is 6. The van der Waals surface area contributed by atoms with Crippen LogP contribution in [0.2, 0.25) is 0 Å². The van der Waals surface area contributed by atoms with Gasteiger partial charge in [0.05, 0.1) is 18.8 Å². The molecule has 0 aromatic rings. The molecule has 180 valence electrons. The number of aliphatic hydroxyl groups is 1. The Bertz CT molecular complexity index is 786. The van der Waals surface area contributed by atoms with Crippen molar-refractivity contribution in [3.8, 4) is 0 Å². The highest BCUT2D eigenvalue weighted by atomic mass is 16.5. The van der Waals surface area contributed by atoms with E-state index >= 15 is 0 Å². The number of Topliss-reactive ketones (excluding diaryl/α,β-unsaturated/α-hetero) is 1. The molecule has 4 aliphatic carbocycles.